The highest BCUT2D eigenvalue weighted by Gasteiger charge is 2.20. The van der Waals surface area contributed by atoms with E-state index < -0.39 is 10.0 Å². The van der Waals surface area contributed by atoms with Gasteiger partial charge in [0.05, 0.1) is 17.4 Å². The lowest BCUT2D eigenvalue weighted by molar-refractivity contribution is 0.426. The highest BCUT2D eigenvalue weighted by atomic mass is 32.2. The van der Waals surface area contributed by atoms with Crippen molar-refractivity contribution in [3.8, 4) is 6.07 Å². The minimum Gasteiger partial charge on any atom is -0.208 e. The van der Waals surface area contributed by atoms with Gasteiger partial charge < -0.3 is 0 Å². The number of hydrogen-bond acceptors (Lipinski definition) is 3. The van der Waals surface area contributed by atoms with Gasteiger partial charge in [0.2, 0.25) is 10.0 Å². The number of rotatable bonds is 4. The minimum atomic E-state index is -3.45. The lowest BCUT2D eigenvalue weighted by Gasteiger charge is -2.21. The lowest BCUT2D eigenvalue weighted by Crippen LogP contribution is -2.35. The van der Waals surface area contributed by atoms with Crippen molar-refractivity contribution in [3.05, 3.63) is 29.8 Å². The van der Waals surface area contributed by atoms with Crippen molar-refractivity contribution in [1.82, 2.24) is 4.72 Å². The van der Waals surface area contributed by atoms with Gasteiger partial charge in [-0.2, -0.15) is 5.26 Å². The molecule has 4 nitrogen and oxygen atoms in total. The van der Waals surface area contributed by atoms with Gasteiger partial charge in [0, 0.05) is 6.04 Å². The maximum atomic E-state index is 12.4. The summed E-state index contributed by atoms with van der Waals surface area (Å²) in [5.41, 5.74) is 0.836. The number of sulfonamides is 1. The maximum absolute atomic E-state index is 12.4. The molecule has 0 atom stereocenters. The van der Waals surface area contributed by atoms with Gasteiger partial charge in [-0.05, 0) is 30.5 Å². The van der Waals surface area contributed by atoms with E-state index in [0.717, 1.165) is 31.2 Å². The predicted octanol–water partition coefficient (Wildman–Crippen LogP) is 3.14. The van der Waals surface area contributed by atoms with E-state index in [1.807, 2.05) is 0 Å². The second-order valence-corrected chi connectivity index (χ2v) is 7.36. The number of nitrogens with zero attached hydrogens (tertiary/aromatic N) is 1. The average Bonchev–Trinajstić information content (AvgIpc) is 2.43. The first kappa shape index (κ1) is 16.0. The Labute approximate surface area is 127 Å². The highest BCUT2D eigenvalue weighted by molar-refractivity contribution is 7.89. The van der Waals surface area contributed by atoms with E-state index in [4.69, 9.17) is 5.26 Å². The normalized spacial score (nSPS) is 17.7. The van der Waals surface area contributed by atoms with Gasteiger partial charge in [0.25, 0.3) is 0 Å². The maximum Gasteiger partial charge on any atom is 0.240 e. The zero-order valence-electron chi connectivity index (χ0n) is 12.2. The third kappa shape index (κ3) is 4.83. The van der Waals surface area contributed by atoms with Gasteiger partial charge in [0.15, 0.2) is 0 Å². The molecule has 1 aromatic carbocycles. The van der Waals surface area contributed by atoms with Crippen molar-refractivity contribution < 1.29 is 8.42 Å². The summed E-state index contributed by atoms with van der Waals surface area (Å²) in [4.78, 5) is 0.284. The second-order valence-electron chi connectivity index (χ2n) is 5.64. The molecule has 0 bridgehead atoms. The summed E-state index contributed by atoms with van der Waals surface area (Å²) < 4.78 is 27.6. The second kappa shape index (κ2) is 7.58. The van der Waals surface area contributed by atoms with Crippen LogP contribution in [0.25, 0.3) is 0 Å². The smallest absolute Gasteiger partial charge is 0.208 e. The summed E-state index contributed by atoms with van der Waals surface area (Å²) in [5, 5.41) is 8.63. The molecule has 0 unspecified atom stereocenters. The van der Waals surface area contributed by atoms with E-state index in [1.165, 1.54) is 19.3 Å². The van der Waals surface area contributed by atoms with Crippen LogP contribution in [0.4, 0.5) is 0 Å². The third-order valence-electron chi connectivity index (χ3n) is 3.94. The Morgan fingerprint density at radius 1 is 1.05 bits per heavy atom. The molecule has 1 aliphatic rings. The van der Waals surface area contributed by atoms with Gasteiger partial charge in [-0.15, -0.1) is 0 Å². The SMILES string of the molecule is N#CCc1ccc(S(=O)(=O)NC2CCCCCCC2)cc1. The first-order valence-electron chi connectivity index (χ1n) is 7.60. The molecule has 2 rings (SSSR count). The number of nitrogens with one attached hydrogen (secondary N) is 1. The first-order chi connectivity index (χ1) is 10.1. The van der Waals surface area contributed by atoms with Crippen LogP contribution < -0.4 is 4.72 Å². The van der Waals surface area contributed by atoms with E-state index in [2.05, 4.69) is 10.8 Å². The molecule has 5 heteroatoms. The van der Waals surface area contributed by atoms with Crippen molar-refractivity contribution in [2.45, 2.75) is 62.3 Å². The number of hydrogen-bond donors (Lipinski definition) is 1. The van der Waals surface area contributed by atoms with E-state index >= 15 is 0 Å². The fourth-order valence-corrected chi connectivity index (χ4v) is 4.04. The van der Waals surface area contributed by atoms with Crippen LogP contribution in [-0.2, 0) is 16.4 Å². The summed E-state index contributed by atoms with van der Waals surface area (Å²) in [6.07, 6.45) is 7.98. The first-order valence-corrected chi connectivity index (χ1v) is 9.08. The predicted molar refractivity (Wildman–Crippen MR) is 82.2 cm³/mol. The molecule has 0 heterocycles. The average molecular weight is 306 g/mol. The Morgan fingerprint density at radius 2 is 1.62 bits per heavy atom. The third-order valence-corrected chi connectivity index (χ3v) is 5.48. The molecule has 0 aromatic heterocycles. The van der Waals surface area contributed by atoms with Crippen LogP contribution in [-0.4, -0.2) is 14.5 Å². The fraction of sp³-hybridized carbons (Fsp3) is 0.562. The fourth-order valence-electron chi connectivity index (χ4n) is 2.74. The van der Waals surface area contributed by atoms with Crippen LogP contribution in [0.2, 0.25) is 0 Å². The lowest BCUT2D eigenvalue weighted by atomic mass is 9.97. The van der Waals surface area contributed by atoms with Crippen molar-refractivity contribution >= 4 is 10.0 Å². The quantitative estimate of drug-likeness (QED) is 0.929. The number of benzene rings is 1. The van der Waals surface area contributed by atoms with Gasteiger partial charge >= 0.3 is 0 Å². The molecule has 0 aliphatic heterocycles. The van der Waals surface area contributed by atoms with Crippen molar-refractivity contribution in [1.29, 1.82) is 5.26 Å². The van der Waals surface area contributed by atoms with Crippen LogP contribution in [0.15, 0.2) is 29.2 Å². The Morgan fingerprint density at radius 3 is 2.19 bits per heavy atom. The van der Waals surface area contributed by atoms with Crippen LogP contribution in [0, 0.1) is 11.3 Å². The van der Waals surface area contributed by atoms with Crippen molar-refractivity contribution in [2.24, 2.45) is 0 Å². The molecule has 1 N–H and O–H groups in total. The Balaban J connectivity index is 2.04. The Hall–Kier alpha value is -1.38. The summed E-state index contributed by atoms with van der Waals surface area (Å²) in [7, 11) is -3.45. The van der Waals surface area contributed by atoms with Crippen LogP contribution in [0.3, 0.4) is 0 Å². The van der Waals surface area contributed by atoms with E-state index in [9.17, 15) is 8.42 Å². The van der Waals surface area contributed by atoms with Crippen molar-refractivity contribution in [3.63, 3.8) is 0 Å². The zero-order chi connectivity index (χ0) is 15.1. The molecular weight excluding hydrogens is 284 g/mol. The van der Waals surface area contributed by atoms with Gasteiger partial charge in [0.1, 0.15) is 0 Å². The van der Waals surface area contributed by atoms with Crippen LogP contribution in [0.1, 0.15) is 50.5 Å². The number of nitriles is 1. The standard InChI is InChI=1S/C16H22N2O2S/c17-13-12-14-8-10-16(11-9-14)21(19,20)18-15-6-4-2-1-3-5-7-15/h8-11,15,18H,1-7,12H2. The molecule has 0 radical (unpaired) electrons. The zero-order valence-corrected chi connectivity index (χ0v) is 13.0. The molecule has 1 fully saturated rings. The Kier molecular flexibility index (Phi) is 5.77. The van der Waals surface area contributed by atoms with Crippen molar-refractivity contribution in [2.75, 3.05) is 0 Å². The Bertz CT molecular complexity index is 580. The summed E-state index contributed by atoms with van der Waals surface area (Å²) in [6.45, 7) is 0. The molecule has 0 saturated heterocycles. The topological polar surface area (TPSA) is 70.0 Å². The summed E-state index contributed by atoms with van der Waals surface area (Å²) in [5.74, 6) is 0. The monoisotopic (exact) mass is 306 g/mol. The molecule has 1 aromatic rings. The molecular formula is C16H22N2O2S. The van der Waals surface area contributed by atoms with E-state index in [1.54, 1.807) is 24.3 Å². The van der Waals surface area contributed by atoms with Gasteiger partial charge in [-0.3, -0.25) is 0 Å². The molecule has 0 spiro atoms. The highest BCUT2D eigenvalue weighted by Crippen LogP contribution is 2.19. The van der Waals surface area contributed by atoms with Crippen LogP contribution >= 0.6 is 0 Å². The van der Waals surface area contributed by atoms with Crippen LogP contribution in [0.5, 0.6) is 0 Å². The van der Waals surface area contributed by atoms with E-state index in [-0.39, 0.29) is 10.9 Å². The van der Waals surface area contributed by atoms with Gasteiger partial charge in [-0.1, -0.05) is 44.2 Å². The van der Waals surface area contributed by atoms with E-state index in [0.29, 0.717) is 6.42 Å². The van der Waals surface area contributed by atoms with Gasteiger partial charge in [-0.25, -0.2) is 13.1 Å². The largest absolute Gasteiger partial charge is 0.240 e. The molecule has 1 saturated carbocycles. The molecule has 21 heavy (non-hydrogen) atoms. The minimum absolute atomic E-state index is 0.0501. The summed E-state index contributed by atoms with van der Waals surface area (Å²) in [6, 6.07) is 8.68. The molecule has 114 valence electrons. The summed E-state index contributed by atoms with van der Waals surface area (Å²) >= 11 is 0. The molecule has 0 amide bonds. The molecule has 1 aliphatic carbocycles.